The maximum atomic E-state index is 4.74. The summed E-state index contributed by atoms with van der Waals surface area (Å²) in [5.41, 5.74) is 3.56. The molecule has 1 aliphatic rings. The Morgan fingerprint density at radius 2 is 1.82 bits per heavy atom. The van der Waals surface area contributed by atoms with Crippen LogP contribution in [0.4, 0.5) is 0 Å². The second kappa shape index (κ2) is 3.37. The smallest absolute Gasteiger partial charge is 0.143 e. The number of nitrogens with zero attached hydrogens (tertiary/aromatic N) is 2. The van der Waals surface area contributed by atoms with Crippen LogP contribution in [0.1, 0.15) is 0 Å². The number of fused-ring (bicyclic) bond motifs is 5. The number of thioether (sulfide) groups is 1. The molecule has 0 saturated heterocycles. The molecule has 1 aliphatic heterocycles. The van der Waals surface area contributed by atoms with Gasteiger partial charge in [-0.15, -0.1) is 11.8 Å². The van der Waals surface area contributed by atoms with Crippen LogP contribution < -0.4 is 0 Å². The molecule has 0 N–H and O–H groups in total. The first-order valence-electron chi connectivity index (χ1n) is 5.61. The highest BCUT2D eigenvalue weighted by Gasteiger charge is 2.19. The predicted octanol–water partition coefficient (Wildman–Crippen LogP) is 3.77. The Hall–Kier alpha value is -1.74. The molecule has 0 radical (unpaired) electrons. The van der Waals surface area contributed by atoms with Gasteiger partial charge in [0.25, 0.3) is 0 Å². The average molecular weight is 238 g/mol. The fourth-order valence-electron chi connectivity index (χ4n) is 2.32. The zero-order valence-electron chi connectivity index (χ0n) is 9.13. The van der Waals surface area contributed by atoms with Crippen molar-refractivity contribution in [2.45, 2.75) is 10.8 Å². The van der Waals surface area contributed by atoms with Crippen LogP contribution in [0.5, 0.6) is 0 Å². The van der Waals surface area contributed by atoms with Gasteiger partial charge in [-0.25, -0.2) is 4.98 Å². The lowest BCUT2D eigenvalue weighted by Crippen LogP contribution is -2.03. The third kappa shape index (κ3) is 1.26. The van der Waals surface area contributed by atoms with Crippen LogP contribution in [-0.4, -0.2) is 9.55 Å². The number of aromatic nitrogens is 2. The number of hydrogen-bond acceptors (Lipinski definition) is 2. The van der Waals surface area contributed by atoms with Gasteiger partial charge in [-0.2, -0.15) is 0 Å². The van der Waals surface area contributed by atoms with E-state index in [0.29, 0.717) is 0 Å². The number of imidazole rings is 1. The summed E-state index contributed by atoms with van der Waals surface area (Å²) in [4.78, 5) is 6.07. The fourth-order valence-corrected chi connectivity index (χ4v) is 3.34. The standard InChI is InChI=1S/C14H10N2S/c1-4-8-13-10(5-1)14-15-11-6-2-3-7-12(11)16(14)9-17-13/h1-8H,9H2. The molecule has 17 heavy (non-hydrogen) atoms. The predicted molar refractivity (Wildman–Crippen MR) is 71.0 cm³/mol. The van der Waals surface area contributed by atoms with Crippen LogP contribution in [0, 0.1) is 0 Å². The molecular weight excluding hydrogens is 228 g/mol. The van der Waals surface area contributed by atoms with E-state index >= 15 is 0 Å². The first-order chi connectivity index (χ1) is 8.43. The summed E-state index contributed by atoms with van der Waals surface area (Å²) in [5, 5.41) is 0. The van der Waals surface area contributed by atoms with Crippen molar-refractivity contribution in [2.24, 2.45) is 0 Å². The molecule has 2 nitrogen and oxygen atoms in total. The highest BCUT2D eigenvalue weighted by Crippen LogP contribution is 2.39. The molecule has 0 unspecified atom stereocenters. The van der Waals surface area contributed by atoms with Crippen molar-refractivity contribution in [3.8, 4) is 11.4 Å². The number of para-hydroxylation sites is 2. The molecule has 0 saturated carbocycles. The van der Waals surface area contributed by atoms with E-state index in [1.54, 1.807) is 0 Å². The van der Waals surface area contributed by atoms with Gasteiger partial charge in [0.1, 0.15) is 5.82 Å². The minimum absolute atomic E-state index is 0.951. The van der Waals surface area contributed by atoms with Crippen LogP contribution >= 0.6 is 11.8 Å². The lowest BCUT2D eigenvalue weighted by Gasteiger charge is -2.17. The van der Waals surface area contributed by atoms with Crippen molar-refractivity contribution in [3.63, 3.8) is 0 Å². The van der Waals surface area contributed by atoms with Gasteiger partial charge in [0.2, 0.25) is 0 Å². The Morgan fingerprint density at radius 1 is 1.00 bits per heavy atom. The van der Waals surface area contributed by atoms with Gasteiger partial charge in [-0.05, 0) is 18.2 Å². The molecule has 0 bridgehead atoms. The molecule has 1 aromatic heterocycles. The van der Waals surface area contributed by atoms with Crippen molar-refractivity contribution < 1.29 is 0 Å². The average Bonchev–Trinajstić information content (AvgIpc) is 2.78. The molecule has 3 heteroatoms. The van der Waals surface area contributed by atoms with E-state index < -0.39 is 0 Å². The lowest BCUT2D eigenvalue weighted by atomic mass is 10.2. The Labute approximate surface area is 103 Å². The summed E-state index contributed by atoms with van der Waals surface area (Å²) in [6.07, 6.45) is 0. The summed E-state index contributed by atoms with van der Waals surface area (Å²) >= 11 is 1.87. The van der Waals surface area contributed by atoms with E-state index in [-0.39, 0.29) is 0 Å². The van der Waals surface area contributed by atoms with E-state index in [9.17, 15) is 0 Å². The van der Waals surface area contributed by atoms with E-state index in [0.717, 1.165) is 17.2 Å². The Bertz CT molecular complexity index is 715. The number of hydrogen-bond donors (Lipinski definition) is 0. The number of benzene rings is 2. The fraction of sp³-hybridized carbons (Fsp3) is 0.0714. The van der Waals surface area contributed by atoms with Crippen LogP contribution in [0.2, 0.25) is 0 Å². The summed E-state index contributed by atoms with van der Waals surface area (Å²) in [6.45, 7) is 0. The number of rotatable bonds is 0. The van der Waals surface area contributed by atoms with Crippen LogP contribution in [0.25, 0.3) is 22.4 Å². The van der Waals surface area contributed by atoms with Crippen LogP contribution in [0.15, 0.2) is 53.4 Å². The topological polar surface area (TPSA) is 17.8 Å². The van der Waals surface area contributed by atoms with Crippen molar-refractivity contribution in [3.05, 3.63) is 48.5 Å². The highest BCUT2D eigenvalue weighted by molar-refractivity contribution is 7.98. The van der Waals surface area contributed by atoms with Crippen LogP contribution in [0.3, 0.4) is 0 Å². The van der Waals surface area contributed by atoms with Gasteiger partial charge in [0.05, 0.1) is 16.9 Å². The molecule has 82 valence electrons. The maximum Gasteiger partial charge on any atom is 0.143 e. The van der Waals surface area contributed by atoms with Crippen molar-refractivity contribution >= 4 is 22.8 Å². The Morgan fingerprint density at radius 3 is 2.82 bits per heavy atom. The zero-order chi connectivity index (χ0) is 11.2. The van der Waals surface area contributed by atoms with E-state index in [1.807, 2.05) is 17.8 Å². The van der Waals surface area contributed by atoms with Crippen molar-refractivity contribution in [1.82, 2.24) is 9.55 Å². The normalized spacial score (nSPS) is 13.4. The zero-order valence-corrected chi connectivity index (χ0v) is 9.95. The largest absolute Gasteiger partial charge is 0.314 e. The first-order valence-corrected chi connectivity index (χ1v) is 6.59. The van der Waals surface area contributed by atoms with Gasteiger partial charge in [0, 0.05) is 10.5 Å². The minimum Gasteiger partial charge on any atom is -0.314 e. The second-order valence-electron chi connectivity index (χ2n) is 4.12. The summed E-state index contributed by atoms with van der Waals surface area (Å²) < 4.78 is 2.29. The van der Waals surface area contributed by atoms with Crippen molar-refractivity contribution in [2.75, 3.05) is 0 Å². The minimum atomic E-state index is 0.951. The summed E-state index contributed by atoms with van der Waals surface area (Å²) in [7, 11) is 0. The first kappa shape index (κ1) is 9.31. The van der Waals surface area contributed by atoms with Gasteiger partial charge >= 0.3 is 0 Å². The Balaban J connectivity index is 2.10. The van der Waals surface area contributed by atoms with Gasteiger partial charge in [0.15, 0.2) is 0 Å². The Kier molecular flexibility index (Phi) is 1.85. The highest BCUT2D eigenvalue weighted by atomic mass is 32.2. The molecule has 0 aliphatic carbocycles. The molecule has 3 aromatic rings. The molecule has 0 spiro atoms. The molecule has 0 amide bonds. The summed E-state index contributed by atoms with van der Waals surface area (Å²) in [6, 6.07) is 16.8. The van der Waals surface area contributed by atoms with Gasteiger partial charge in [-0.3, -0.25) is 0 Å². The monoisotopic (exact) mass is 238 g/mol. The van der Waals surface area contributed by atoms with E-state index in [2.05, 4.69) is 47.0 Å². The van der Waals surface area contributed by atoms with Gasteiger partial charge in [-0.1, -0.05) is 30.3 Å². The third-order valence-corrected chi connectivity index (χ3v) is 4.19. The van der Waals surface area contributed by atoms with E-state index in [1.165, 1.54) is 16.0 Å². The van der Waals surface area contributed by atoms with Crippen LogP contribution in [-0.2, 0) is 5.88 Å². The third-order valence-electron chi connectivity index (χ3n) is 3.13. The second-order valence-corrected chi connectivity index (χ2v) is 5.11. The maximum absolute atomic E-state index is 4.74. The quantitative estimate of drug-likeness (QED) is 0.593. The molecule has 2 aromatic carbocycles. The molecule has 4 rings (SSSR count). The summed E-state index contributed by atoms with van der Waals surface area (Å²) in [5.74, 6) is 2.05. The molecule has 0 fully saturated rings. The van der Waals surface area contributed by atoms with Crippen molar-refractivity contribution in [1.29, 1.82) is 0 Å². The SMILES string of the molecule is c1ccc2c(c1)SCn1c-2nc2ccccc21. The van der Waals surface area contributed by atoms with Gasteiger partial charge < -0.3 is 4.57 Å². The molecule has 2 heterocycles. The van der Waals surface area contributed by atoms with E-state index in [4.69, 9.17) is 4.98 Å². The molecular formula is C14H10N2S. The molecule has 0 atom stereocenters. The lowest BCUT2D eigenvalue weighted by molar-refractivity contribution is 0.916.